The van der Waals surface area contributed by atoms with Crippen LogP contribution >= 0.6 is 0 Å². The fourth-order valence-electron chi connectivity index (χ4n) is 1.91. The third kappa shape index (κ3) is 2.98. The van der Waals surface area contributed by atoms with Gasteiger partial charge in [-0.05, 0) is 12.1 Å². The van der Waals surface area contributed by atoms with Crippen LogP contribution in [0.2, 0.25) is 0 Å². The lowest BCUT2D eigenvalue weighted by Gasteiger charge is -2.16. The van der Waals surface area contributed by atoms with E-state index >= 15 is 0 Å². The Kier molecular flexibility index (Phi) is 3.64. The maximum atomic E-state index is 13.4. The number of rotatable bonds is 2. The second-order valence-electron chi connectivity index (χ2n) is 4.22. The van der Waals surface area contributed by atoms with Gasteiger partial charge in [0.25, 0.3) is 0 Å². The monoisotopic (exact) mass is 270 g/mol. The van der Waals surface area contributed by atoms with Crippen molar-refractivity contribution in [3.8, 4) is 5.75 Å². The van der Waals surface area contributed by atoms with Crippen LogP contribution in [0.15, 0.2) is 18.2 Å². The molecule has 1 aromatic rings. The Morgan fingerprint density at radius 1 is 1.37 bits per heavy atom. The van der Waals surface area contributed by atoms with Crippen LogP contribution in [-0.4, -0.2) is 35.9 Å². The predicted octanol–water partition coefficient (Wildman–Crippen LogP) is 0.430. The zero-order valence-electron chi connectivity index (χ0n) is 9.94. The molecule has 0 aliphatic carbocycles. The molecule has 7 heteroatoms. The van der Waals surface area contributed by atoms with Gasteiger partial charge in [-0.15, -0.1) is 0 Å². The first-order valence-corrected chi connectivity index (χ1v) is 5.68. The second kappa shape index (κ2) is 5.21. The van der Waals surface area contributed by atoms with Crippen molar-refractivity contribution in [3.63, 3.8) is 0 Å². The summed E-state index contributed by atoms with van der Waals surface area (Å²) in [7, 11) is 0. The molecule has 1 heterocycles. The number of ether oxygens (including phenoxy) is 1. The molecule has 2 N–H and O–H groups in total. The minimum atomic E-state index is -1.04. The number of nitrogens with two attached hydrogens (primary N) is 1. The molecule has 2 amide bonds. The molecule has 1 fully saturated rings. The highest BCUT2D eigenvalue weighted by atomic mass is 19.1. The largest absolute Gasteiger partial charge is 0.485 e. The van der Waals surface area contributed by atoms with Crippen LogP contribution in [0.25, 0.3) is 0 Å². The maximum Gasteiger partial charge on any atom is 0.311 e. The van der Waals surface area contributed by atoms with E-state index in [1.54, 1.807) is 0 Å². The Hall–Kier alpha value is -2.18. The van der Waals surface area contributed by atoms with E-state index < -0.39 is 29.6 Å². The fraction of sp³-hybridized carbons (Fsp3) is 0.333. The van der Waals surface area contributed by atoms with Gasteiger partial charge in [-0.25, -0.2) is 8.78 Å². The van der Waals surface area contributed by atoms with Crippen LogP contribution in [-0.2, 0) is 9.59 Å². The van der Waals surface area contributed by atoms with Gasteiger partial charge in [-0.1, -0.05) is 0 Å². The van der Waals surface area contributed by atoms with E-state index in [4.69, 9.17) is 10.5 Å². The minimum absolute atomic E-state index is 0.123. The number of carbonyl (C=O) groups is 2. The molecule has 1 aliphatic rings. The number of halogens is 2. The number of amides is 2. The molecular formula is C12H12F2N2O3. The van der Waals surface area contributed by atoms with E-state index in [2.05, 4.69) is 0 Å². The highest BCUT2D eigenvalue weighted by Gasteiger charge is 2.30. The van der Waals surface area contributed by atoms with Gasteiger partial charge >= 0.3 is 11.8 Å². The number of hydrogen-bond donors (Lipinski definition) is 1. The highest BCUT2D eigenvalue weighted by Crippen LogP contribution is 2.22. The molecule has 1 atom stereocenters. The van der Waals surface area contributed by atoms with E-state index in [0.29, 0.717) is 13.0 Å². The molecular weight excluding hydrogens is 258 g/mol. The molecule has 1 aromatic carbocycles. The lowest BCUT2D eigenvalue weighted by Crippen LogP contribution is -2.39. The SMILES string of the molecule is NC(=O)C(=O)N1CCC(Oc2cc(F)ccc2F)C1. The van der Waals surface area contributed by atoms with Crippen LogP contribution in [0, 0.1) is 11.6 Å². The molecule has 0 radical (unpaired) electrons. The van der Waals surface area contributed by atoms with Gasteiger partial charge in [0.15, 0.2) is 11.6 Å². The number of likely N-dealkylation sites (tertiary alicyclic amines) is 1. The molecule has 5 nitrogen and oxygen atoms in total. The molecule has 2 rings (SSSR count). The van der Waals surface area contributed by atoms with Crippen LogP contribution < -0.4 is 10.5 Å². The van der Waals surface area contributed by atoms with Gasteiger partial charge in [-0.2, -0.15) is 0 Å². The van der Waals surface area contributed by atoms with Crippen molar-refractivity contribution in [1.29, 1.82) is 0 Å². The van der Waals surface area contributed by atoms with Gasteiger partial charge < -0.3 is 15.4 Å². The summed E-state index contributed by atoms with van der Waals surface area (Å²) in [6.45, 7) is 0.418. The smallest absolute Gasteiger partial charge is 0.311 e. The lowest BCUT2D eigenvalue weighted by atomic mass is 10.3. The number of nitrogens with zero attached hydrogens (tertiary/aromatic N) is 1. The maximum absolute atomic E-state index is 13.4. The average Bonchev–Trinajstić information content (AvgIpc) is 2.81. The van der Waals surface area contributed by atoms with Crippen molar-refractivity contribution in [2.24, 2.45) is 5.73 Å². The Balaban J connectivity index is 2.00. The molecule has 102 valence electrons. The van der Waals surface area contributed by atoms with Crippen LogP contribution in [0.1, 0.15) is 6.42 Å². The van der Waals surface area contributed by atoms with Crippen molar-refractivity contribution in [1.82, 2.24) is 4.90 Å². The second-order valence-corrected chi connectivity index (χ2v) is 4.22. The highest BCUT2D eigenvalue weighted by molar-refractivity contribution is 6.34. The van der Waals surface area contributed by atoms with Crippen LogP contribution in [0.4, 0.5) is 8.78 Å². The summed E-state index contributed by atoms with van der Waals surface area (Å²) < 4.78 is 31.6. The Morgan fingerprint density at radius 3 is 2.79 bits per heavy atom. The summed E-state index contributed by atoms with van der Waals surface area (Å²) in [5, 5.41) is 0. The number of benzene rings is 1. The van der Waals surface area contributed by atoms with Crippen LogP contribution in [0.5, 0.6) is 5.75 Å². The molecule has 19 heavy (non-hydrogen) atoms. The first-order chi connectivity index (χ1) is 8.97. The quantitative estimate of drug-likeness (QED) is 0.792. The summed E-state index contributed by atoms with van der Waals surface area (Å²) in [6, 6.07) is 2.89. The van der Waals surface area contributed by atoms with Gasteiger partial charge in [0.1, 0.15) is 11.9 Å². The normalized spacial score (nSPS) is 18.4. The minimum Gasteiger partial charge on any atom is -0.485 e. The van der Waals surface area contributed by atoms with Crippen LogP contribution in [0.3, 0.4) is 0 Å². The summed E-state index contributed by atoms with van der Waals surface area (Å²) in [4.78, 5) is 23.3. The van der Waals surface area contributed by atoms with E-state index in [1.807, 2.05) is 0 Å². The third-order valence-electron chi connectivity index (χ3n) is 2.83. The average molecular weight is 270 g/mol. The van der Waals surface area contributed by atoms with E-state index in [-0.39, 0.29) is 12.3 Å². The summed E-state index contributed by atoms with van der Waals surface area (Å²) in [5.41, 5.74) is 4.88. The predicted molar refractivity (Wildman–Crippen MR) is 61.2 cm³/mol. The summed E-state index contributed by atoms with van der Waals surface area (Å²) >= 11 is 0. The molecule has 0 bridgehead atoms. The standard InChI is InChI=1S/C12H12F2N2O3/c13-7-1-2-9(14)10(5-7)19-8-3-4-16(6-8)12(18)11(15)17/h1-2,5,8H,3-4,6H2,(H2,15,17). The van der Waals surface area contributed by atoms with E-state index in [1.165, 1.54) is 4.90 Å². The van der Waals surface area contributed by atoms with Crippen molar-refractivity contribution in [2.45, 2.75) is 12.5 Å². The Morgan fingerprint density at radius 2 is 2.11 bits per heavy atom. The summed E-state index contributed by atoms with van der Waals surface area (Å²) in [5.74, 6) is -3.35. The molecule has 1 saturated heterocycles. The zero-order chi connectivity index (χ0) is 14.0. The molecule has 1 aliphatic heterocycles. The molecule has 1 unspecified atom stereocenters. The third-order valence-corrected chi connectivity index (χ3v) is 2.83. The topological polar surface area (TPSA) is 72.6 Å². The lowest BCUT2D eigenvalue weighted by molar-refractivity contribution is -0.143. The van der Waals surface area contributed by atoms with E-state index in [0.717, 1.165) is 18.2 Å². The first-order valence-electron chi connectivity index (χ1n) is 5.68. The summed E-state index contributed by atoms with van der Waals surface area (Å²) in [6.07, 6.45) is -0.0609. The molecule has 0 spiro atoms. The van der Waals surface area contributed by atoms with Gasteiger partial charge in [0, 0.05) is 19.0 Å². The molecule has 0 aromatic heterocycles. The van der Waals surface area contributed by atoms with Crippen molar-refractivity contribution < 1.29 is 23.1 Å². The first kappa shape index (κ1) is 13.3. The molecule has 0 saturated carbocycles. The van der Waals surface area contributed by atoms with Crippen molar-refractivity contribution in [2.75, 3.05) is 13.1 Å². The zero-order valence-corrected chi connectivity index (χ0v) is 9.94. The Labute approximate surface area is 107 Å². The van der Waals surface area contributed by atoms with Gasteiger partial charge in [0.2, 0.25) is 0 Å². The van der Waals surface area contributed by atoms with Crippen molar-refractivity contribution in [3.05, 3.63) is 29.8 Å². The number of carbonyl (C=O) groups excluding carboxylic acids is 2. The Bertz CT molecular complexity index is 522. The van der Waals surface area contributed by atoms with Crippen molar-refractivity contribution >= 4 is 11.8 Å². The number of primary amides is 1. The van der Waals surface area contributed by atoms with E-state index in [9.17, 15) is 18.4 Å². The fourth-order valence-corrected chi connectivity index (χ4v) is 1.91. The van der Waals surface area contributed by atoms with Gasteiger partial charge in [-0.3, -0.25) is 9.59 Å². The van der Waals surface area contributed by atoms with Gasteiger partial charge in [0.05, 0.1) is 6.54 Å². The number of hydrogen-bond acceptors (Lipinski definition) is 3.